The van der Waals surface area contributed by atoms with Crippen molar-refractivity contribution in [3.63, 3.8) is 0 Å². The molecule has 2 heteroatoms. The van der Waals surface area contributed by atoms with Crippen LogP contribution in [-0.4, -0.2) is 18.3 Å². The van der Waals surface area contributed by atoms with Gasteiger partial charge in [0.05, 0.1) is 6.61 Å². The van der Waals surface area contributed by atoms with Gasteiger partial charge in [-0.1, -0.05) is 51.0 Å². The van der Waals surface area contributed by atoms with Crippen LogP contribution in [0.2, 0.25) is 0 Å². The molecule has 0 saturated heterocycles. The fourth-order valence-corrected chi connectivity index (χ4v) is 3.02. The average Bonchev–Trinajstić information content (AvgIpc) is 2.89. The van der Waals surface area contributed by atoms with E-state index in [4.69, 9.17) is 5.73 Å². The van der Waals surface area contributed by atoms with Crippen molar-refractivity contribution in [2.24, 2.45) is 5.73 Å². The Morgan fingerprint density at radius 2 is 1.94 bits per heavy atom. The molecule has 1 saturated carbocycles. The Hall–Kier alpha value is -0.860. The van der Waals surface area contributed by atoms with Crippen LogP contribution in [-0.2, 0) is 10.8 Å². The Labute approximate surface area is 110 Å². The van der Waals surface area contributed by atoms with E-state index in [0.717, 1.165) is 6.54 Å². The molecule has 0 aromatic heterocycles. The largest absolute Gasteiger partial charge is 0.395 e. The maximum Gasteiger partial charge on any atom is 0.0522 e. The highest BCUT2D eigenvalue weighted by Gasteiger charge is 2.34. The number of aliphatic hydroxyl groups excluding tert-OH is 1. The summed E-state index contributed by atoms with van der Waals surface area (Å²) in [6.45, 7) is 5.06. The van der Waals surface area contributed by atoms with Crippen molar-refractivity contribution in [1.82, 2.24) is 0 Å². The lowest BCUT2D eigenvalue weighted by molar-refractivity contribution is 0.218. The van der Waals surface area contributed by atoms with Crippen LogP contribution in [0.5, 0.6) is 0 Å². The summed E-state index contributed by atoms with van der Waals surface area (Å²) in [6.07, 6.45) is 4.97. The summed E-state index contributed by atoms with van der Waals surface area (Å²) >= 11 is 0. The van der Waals surface area contributed by atoms with Crippen molar-refractivity contribution in [2.45, 2.75) is 50.4 Å². The molecule has 0 spiro atoms. The van der Waals surface area contributed by atoms with Gasteiger partial charge in [0.1, 0.15) is 0 Å². The summed E-state index contributed by atoms with van der Waals surface area (Å²) in [5, 5.41) is 9.50. The molecule has 3 N–H and O–H groups in total. The molecule has 0 bridgehead atoms. The van der Waals surface area contributed by atoms with E-state index < -0.39 is 0 Å². The summed E-state index contributed by atoms with van der Waals surface area (Å²) < 4.78 is 0. The van der Waals surface area contributed by atoms with E-state index in [1.54, 1.807) is 0 Å². The van der Waals surface area contributed by atoms with Crippen LogP contribution in [0, 0.1) is 0 Å². The molecule has 100 valence electrons. The Kier molecular flexibility index (Phi) is 3.79. The first-order chi connectivity index (χ1) is 8.54. The molecule has 1 fully saturated rings. The van der Waals surface area contributed by atoms with Gasteiger partial charge in [0.15, 0.2) is 0 Å². The van der Waals surface area contributed by atoms with E-state index in [2.05, 4.69) is 38.1 Å². The number of aliphatic hydroxyl groups is 1. The first kappa shape index (κ1) is 13.6. The van der Waals surface area contributed by atoms with Gasteiger partial charge in [-0.25, -0.2) is 0 Å². The van der Waals surface area contributed by atoms with Gasteiger partial charge in [0, 0.05) is 17.4 Å². The number of nitrogens with two attached hydrogens (primary N) is 1. The van der Waals surface area contributed by atoms with Gasteiger partial charge in [-0.2, -0.15) is 0 Å². The summed E-state index contributed by atoms with van der Waals surface area (Å²) in [5.41, 5.74) is 8.62. The third kappa shape index (κ3) is 2.32. The monoisotopic (exact) mass is 247 g/mol. The van der Waals surface area contributed by atoms with Crippen LogP contribution >= 0.6 is 0 Å². The Morgan fingerprint density at radius 1 is 1.28 bits per heavy atom. The van der Waals surface area contributed by atoms with Crippen LogP contribution in [0.4, 0.5) is 0 Å². The summed E-state index contributed by atoms with van der Waals surface area (Å²) in [6, 6.07) is 8.68. The molecule has 0 heterocycles. The zero-order valence-electron chi connectivity index (χ0n) is 11.6. The highest BCUT2D eigenvalue weighted by Crippen LogP contribution is 2.41. The molecule has 18 heavy (non-hydrogen) atoms. The van der Waals surface area contributed by atoms with E-state index in [1.807, 2.05) is 0 Å². The second-order valence-corrected chi connectivity index (χ2v) is 6.31. The van der Waals surface area contributed by atoms with Gasteiger partial charge < -0.3 is 10.8 Å². The Balaban J connectivity index is 2.38. The molecule has 0 amide bonds. The molecule has 2 nitrogen and oxygen atoms in total. The fourth-order valence-electron chi connectivity index (χ4n) is 3.02. The van der Waals surface area contributed by atoms with Crippen LogP contribution in [0.1, 0.15) is 50.7 Å². The molecule has 1 aromatic carbocycles. The van der Waals surface area contributed by atoms with Crippen molar-refractivity contribution >= 4 is 0 Å². The van der Waals surface area contributed by atoms with Gasteiger partial charge in [-0.15, -0.1) is 0 Å². The zero-order valence-corrected chi connectivity index (χ0v) is 11.6. The van der Waals surface area contributed by atoms with Crippen LogP contribution in [0.15, 0.2) is 24.3 Å². The predicted octanol–water partition coefficient (Wildman–Crippen LogP) is 2.73. The van der Waals surface area contributed by atoms with Gasteiger partial charge in [0.25, 0.3) is 0 Å². The van der Waals surface area contributed by atoms with E-state index in [1.165, 1.54) is 36.8 Å². The van der Waals surface area contributed by atoms with Gasteiger partial charge >= 0.3 is 0 Å². The second-order valence-electron chi connectivity index (χ2n) is 6.31. The van der Waals surface area contributed by atoms with E-state index in [0.29, 0.717) is 0 Å². The predicted molar refractivity (Wildman–Crippen MR) is 75.8 cm³/mol. The lowest BCUT2D eigenvalue weighted by Gasteiger charge is -2.30. The maximum absolute atomic E-state index is 9.50. The van der Waals surface area contributed by atoms with Crippen LogP contribution in [0.3, 0.4) is 0 Å². The van der Waals surface area contributed by atoms with Crippen LogP contribution < -0.4 is 5.73 Å². The number of hydrogen-bond acceptors (Lipinski definition) is 2. The molecular formula is C16H25NO. The minimum atomic E-state index is -0.176. The Morgan fingerprint density at radius 3 is 2.50 bits per heavy atom. The average molecular weight is 247 g/mol. The number of benzene rings is 1. The molecule has 1 aromatic rings. The van der Waals surface area contributed by atoms with E-state index in [-0.39, 0.29) is 17.4 Å². The topological polar surface area (TPSA) is 46.2 Å². The van der Waals surface area contributed by atoms with E-state index >= 15 is 0 Å². The first-order valence-corrected chi connectivity index (χ1v) is 6.96. The third-order valence-corrected chi connectivity index (χ3v) is 4.60. The first-order valence-electron chi connectivity index (χ1n) is 6.96. The van der Waals surface area contributed by atoms with Gasteiger partial charge in [0.2, 0.25) is 0 Å². The fraction of sp³-hybridized carbons (Fsp3) is 0.625. The lowest BCUT2D eigenvalue weighted by atomic mass is 9.76. The van der Waals surface area contributed by atoms with Crippen molar-refractivity contribution in [2.75, 3.05) is 13.2 Å². The standard InChI is InChI=1S/C16H25NO/c1-15(2,12-18)13-6-5-7-14(10-13)16(11-17)8-3-4-9-16/h5-7,10,18H,3-4,8-9,11-12,17H2,1-2H3. The number of rotatable bonds is 4. The van der Waals surface area contributed by atoms with Gasteiger partial charge in [-0.05, 0) is 24.0 Å². The van der Waals surface area contributed by atoms with Crippen LogP contribution in [0.25, 0.3) is 0 Å². The molecular weight excluding hydrogens is 222 g/mol. The molecule has 0 aliphatic heterocycles. The highest BCUT2D eigenvalue weighted by molar-refractivity contribution is 5.35. The zero-order chi connectivity index (χ0) is 13.2. The molecule has 0 radical (unpaired) electrons. The number of hydrogen-bond donors (Lipinski definition) is 2. The molecule has 1 aliphatic carbocycles. The summed E-state index contributed by atoms with van der Waals surface area (Å²) in [7, 11) is 0. The third-order valence-electron chi connectivity index (χ3n) is 4.60. The van der Waals surface area contributed by atoms with Crippen molar-refractivity contribution in [1.29, 1.82) is 0 Å². The quantitative estimate of drug-likeness (QED) is 0.859. The summed E-state index contributed by atoms with van der Waals surface area (Å²) in [4.78, 5) is 0. The van der Waals surface area contributed by atoms with Gasteiger partial charge in [-0.3, -0.25) is 0 Å². The SMILES string of the molecule is CC(C)(CO)c1cccc(C2(CN)CCCC2)c1. The minimum absolute atomic E-state index is 0.173. The molecule has 1 aliphatic rings. The molecule has 0 atom stereocenters. The highest BCUT2D eigenvalue weighted by atomic mass is 16.3. The van der Waals surface area contributed by atoms with Crippen molar-refractivity contribution < 1.29 is 5.11 Å². The molecule has 2 rings (SSSR count). The Bertz CT molecular complexity index is 405. The summed E-state index contributed by atoms with van der Waals surface area (Å²) in [5.74, 6) is 0. The van der Waals surface area contributed by atoms with Crippen molar-refractivity contribution in [3.8, 4) is 0 Å². The lowest BCUT2D eigenvalue weighted by Crippen LogP contribution is -2.32. The smallest absolute Gasteiger partial charge is 0.0522 e. The minimum Gasteiger partial charge on any atom is -0.395 e. The van der Waals surface area contributed by atoms with Crippen molar-refractivity contribution in [3.05, 3.63) is 35.4 Å². The van der Waals surface area contributed by atoms with E-state index in [9.17, 15) is 5.11 Å². The second kappa shape index (κ2) is 5.02. The maximum atomic E-state index is 9.50. The molecule has 0 unspecified atom stereocenters. The normalized spacial score (nSPS) is 19.1.